The summed E-state index contributed by atoms with van der Waals surface area (Å²) in [6, 6.07) is 8.36. The normalized spacial score (nSPS) is 13.4. The first-order chi connectivity index (χ1) is 8.69. The zero-order chi connectivity index (χ0) is 14.6. The zero-order valence-electron chi connectivity index (χ0n) is 13.0. The van der Waals surface area contributed by atoms with Crippen molar-refractivity contribution in [2.75, 3.05) is 0 Å². The molecule has 0 heterocycles. The Morgan fingerprint density at radius 3 is 2.05 bits per heavy atom. The minimum absolute atomic E-state index is 0.0695. The molecule has 1 aromatic rings. The molecule has 0 saturated carbocycles. The van der Waals surface area contributed by atoms with Crippen LogP contribution in [-0.4, -0.2) is 24.8 Å². The van der Waals surface area contributed by atoms with Crippen molar-refractivity contribution in [2.45, 2.75) is 47.9 Å². The van der Waals surface area contributed by atoms with Gasteiger partial charge in [-0.3, -0.25) is 0 Å². The Morgan fingerprint density at radius 1 is 1.11 bits per heavy atom. The Balaban J connectivity index is 2.72. The van der Waals surface area contributed by atoms with Gasteiger partial charge in [0.25, 0.3) is 0 Å². The van der Waals surface area contributed by atoms with Gasteiger partial charge >= 0.3 is 122 Å². The fourth-order valence-corrected chi connectivity index (χ4v) is 4.17. The summed E-state index contributed by atoms with van der Waals surface area (Å²) < 4.78 is 5.62. The summed E-state index contributed by atoms with van der Waals surface area (Å²) in [5.74, 6) is 0.423. The van der Waals surface area contributed by atoms with E-state index in [1.54, 1.807) is 0 Å². The Hall–Kier alpha value is -0.511. The van der Waals surface area contributed by atoms with Crippen LogP contribution in [0.25, 0.3) is 0 Å². The molecule has 0 aliphatic rings. The van der Waals surface area contributed by atoms with E-state index in [1.807, 2.05) is 6.92 Å². The van der Waals surface area contributed by atoms with Gasteiger partial charge in [0.05, 0.1) is 0 Å². The predicted octanol–water partition coefficient (Wildman–Crippen LogP) is 4.37. The second kappa shape index (κ2) is 6.78. The standard InChI is InChI=1S/C13H18O2.3CH3.Sn/c1-9(2)8-11-4-6-12(7-5-11)10(3)13(14)15;;;;/h4-7,9-10H,8H2,1-3H3,(H,14,15);3*1H3;/q;;;;+1/p-1. The molecule has 2 nitrogen and oxygen atoms in total. The van der Waals surface area contributed by atoms with Crippen LogP contribution in [0.15, 0.2) is 24.3 Å². The quantitative estimate of drug-likeness (QED) is 0.721. The van der Waals surface area contributed by atoms with E-state index >= 15 is 0 Å². The Kier molecular flexibility index (Phi) is 5.90. The third-order valence-corrected chi connectivity index (χ3v) is 5.21. The molecule has 0 aromatic heterocycles. The Morgan fingerprint density at radius 2 is 1.63 bits per heavy atom. The second-order valence-electron chi connectivity index (χ2n) is 6.59. The monoisotopic (exact) mass is 370 g/mol. The van der Waals surface area contributed by atoms with Crippen LogP contribution in [0, 0.1) is 5.92 Å². The van der Waals surface area contributed by atoms with Crippen molar-refractivity contribution in [3.8, 4) is 0 Å². The molecule has 0 saturated heterocycles. The van der Waals surface area contributed by atoms with Crippen LogP contribution in [-0.2, 0) is 14.3 Å². The fourth-order valence-electron chi connectivity index (χ4n) is 1.94. The molecule has 0 aliphatic carbocycles. The molecule has 0 aliphatic heterocycles. The predicted molar refractivity (Wildman–Crippen MR) is 82.8 cm³/mol. The van der Waals surface area contributed by atoms with Crippen molar-refractivity contribution in [2.24, 2.45) is 5.92 Å². The molecule has 19 heavy (non-hydrogen) atoms. The summed E-state index contributed by atoms with van der Waals surface area (Å²) in [5.41, 5.74) is 2.38. The molecule has 1 rings (SSSR count). The van der Waals surface area contributed by atoms with E-state index < -0.39 is 18.8 Å². The van der Waals surface area contributed by atoms with Crippen molar-refractivity contribution in [3.63, 3.8) is 0 Å². The van der Waals surface area contributed by atoms with Crippen LogP contribution in [0.4, 0.5) is 0 Å². The van der Waals surface area contributed by atoms with Gasteiger partial charge in [-0.05, 0) is 0 Å². The third-order valence-electron chi connectivity index (χ3n) is 2.88. The molecular formula is C16H26O2Sn. The van der Waals surface area contributed by atoms with Gasteiger partial charge in [0.1, 0.15) is 0 Å². The maximum atomic E-state index is 12.1. The number of benzene rings is 1. The van der Waals surface area contributed by atoms with E-state index in [9.17, 15) is 4.79 Å². The van der Waals surface area contributed by atoms with Crippen LogP contribution in [0.2, 0.25) is 14.8 Å². The first-order valence-corrected chi connectivity index (χ1v) is 16.7. The van der Waals surface area contributed by atoms with Gasteiger partial charge in [0.15, 0.2) is 0 Å². The average molecular weight is 369 g/mol. The Bertz CT molecular complexity index is 415. The van der Waals surface area contributed by atoms with Gasteiger partial charge < -0.3 is 0 Å². The number of carbonyl (C=O) groups excluding carboxylic acids is 1. The van der Waals surface area contributed by atoms with Crippen molar-refractivity contribution < 1.29 is 7.87 Å². The maximum absolute atomic E-state index is 12.1. The molecule has 0 radical (unpaired) electrons. The van der Waals surface area contributed by atoms with Crippen molar-refractivity contribution in [1.82, 2.24) is 0 Å². The molecule has 0 bridgehead atoms. The summed E-state index contributed by atoms with van der Waals surface area (Å²) in [7, 11) is 0. The van der Waals surface area contributed by atoms with Crippen LogP contribution in [0.3, 0.4) is 0 Å². The molecule has 0 spiro atoms. The van der Waals surface area contributed by atoms with Gasteiger partial charge in [-0.25, -0.2) is 0 Å². The van der Waals surface area contributed by atoms with Crippen LogP contribution in [0.5, 0.6) is 0 Å². The van der Waals surface area contributed by atoms with Gasteiger partial charge in [0.2, 0.25) is 0 Å². The molecule has 1 unspecified atom stereocenters. The number of carbonyl (C=O) groups is 1. The molecule has 0 N–H and O–H groups in total. The van der Waals surface area contributed by atoms with E-state index in [2.05, 4.69) is 52.9 Å². The van der Waals surface area contributed by atoms with Crippen molar-refractivity contribution in [3.05, 3.63) is 35.4 Å². The molecule has 1 atom stereocenters. The topological polar surface area (TPSA) is 26.3 Å². The molecule has 0 amide bonds. The summed E-state index contributed by atoms with van der Waals surface area (Å²) in [5, 5.41) is 0. The summed E-state index contributed by atoms with van der Waals surface area (Å²) in [6.45, 7) is 6.35. The number of hydrogen-bond donors (Lipinski definition) is 0. The first kappa shape index (κ1) is 16.5. The summed E-state index contributed by atoms with van der Waals surface area (Å²) >= 11 is -2.50. The molecular weight excluding hydrogens is 343 g/mol. The SMILES string of the molecule is CC(C)Cc1ccc(C(C)C(=O)[O][Sn]([CH3])([CH3])[CH3])cc1. The van der Waals surface area contributed by atoms with E-state index in [0.717, 1.165) is 12.0 Å². The van der Waals surface area contributed by atoms with E-state index in [1.165, 1.54) is 5.56 Å². The van der Waals surface area contributed by atoms with Gasteiger partial charge in [-0.1, -0.05) is 0 Å². The number of hydrogen-bond acceptors (Lipinski definition) is 2. The second-order valence-corrected chi connectivity index (χ2v) is 19.2. The summed E-state index contributed by atoms with van der Waals surface area (Å²) in [6.07, 6.45) is 1.08. The molecule has 0 fully saturated rings. The van der Waals surface area contributed by atoms with Crippen LogP contribution < -0.4 is 0 Å². The van der Waals surface area contributed by atoms with Crippen molar-refractivity contribution in [1.29, 1.82) is 0 Å². The van der Waals surface area contributed by atoms with Gasteiger partial charge in [-0.15, -0.1) is 0 Å². The third kappa shape index (κ3) is 5.98. The molecule has 1 aromatic carbocycles. The van der Waals surface area contributed by atoms with Crippen LogP contribution in [0.1, 0.15) is 37.8 Å². The van der Waals surface area contributed by atoms with Gasteiger partial charge in [0, 0.05) is 0 Å². The molecule has 106 valence electrons. The van der Waals surface area contributed by atoms with E-state index in [-0.39, 0.29) is 11.9 Å². The Labute approximate surface area is 122 Å². The van der Waals surface area contributed by atoms with E-state index in [4.69, 9.17) is 3.07 Å². The first-order valence-electron chi connectivity index (χ1n) is 7.00. The van der Waals surface area contributed by atoms with Gasteiger partial charge in [-0.2, -0.15) is 0 Å². The molecule has 3 heteroatoms. The number of rotatable bonds is 5. The van der Waals surface area contributed by atoms with Crippen LogP contribution >= 0.6 is 0 Å². The minimum atomic E-state index is -2.50. The summed E-state index contributed by atoms with van der Waals surface area (Å²) in [4.78, 5) is 18.4. The zero-order valence-corrected chi connectivity index (χ0v) is 15.8. The average Bonchev–Trinajstić information content (AvgIpc) is 2.26. The van der Waals surface area contributed by atoms with Crippen molar-refractivity contribution >= 4 is 24.8 Å². The van der Waals surface area contributed by atoms with E-state index in [0.29, 0.717) is 5.92 Å². The fraction of sp³-hybridized carbons (Fsp3) is 0.562.